The Bertz CT molecular complexity index is 1100. The third kappa shape index (κ3) is 3.61. The van der Waals surface area contributed by atoms with Gasteiger partial charge in [0.25, 0.3) is 0 Å². The van der Waals surface area contributed by atoms with E-state index in [2.05, 4.69) is 15.2 Å². The Morgan fingerprint density at radius 2 is 2.03 bits per heavy atom. The van der Waals surface area contributed by atoms with E-state index < -0.39 is 23.4 Å². The first-order chi connectivity index (χ1) is 15.5. The van der Waals surface area contributed by atoms with Crippen molar-refractivity contribution in [3.05, 3.63) is 64.5 Å². The van der Waals surface area contributed by atoms with Crippen molar-refractivity contribution in [2.75, 3.05) is 45.2 Å². The van der Waals surface area contributed by atoms with Gasteiger partial charge in [0.05, 0.1) is 12.3 Å². The molecule has 3 aliphatic heterocycles. The number of nitrogens with one attached hydrogen (secondary N) is 1. The number of benzene rings is 2. The maximum absolute atomic E-state index is 15.0. The molecule has 1 fully saturated rings. The Kier molecular flexibility index (Phi) is 5.51. The molecule has 0 amide bonds. The van der Waals surface area contributed by atoms with Crippen molar-refractivity contribution in [1.82, 2.24) is 4.90 Å². The summed E-state index contributed by atoms with van der Waals surface area (Å²) >= 11 is 0. The van der Waals surface area contributed by atoms with Gasteiger partial charge in [-0.3, -0.25) is 9.79 Å². The van der Waals surface area contributed by atoms with Gasteiger partial charge in [0.15, 0.2) is 5.78 Å². The SMILES string of the molecule is COCCN1CC[C@@H]([C@@H]2Nc3cc(F)cc4c3C(=NCC4=O)[C@H]2c2ccc(F)cc2F)C1. The quantitative estimate of drug-likeness (QED) is 0.767. The van der Waals surface area contributed by atoms with Crippen molar-refractivity contribution >= 4 is 17.2 Å². The summed E-state index contributed by atoms with van der Waals surface area (Å²) in [6, 6.07) is 5.88. The third-order valence-electron chi connectivity index (χ3n) is 6.75. The molecule has 0 aromatic heterocycles. The number of hydrogen-bond acceptors (Lipinski definition) is 5. The van der Waals surface area contributed by atoms with Crippen LogP contribution >= 0.6 is 0 Å². The molecule has 0 spiro atoms. The second kappa shape index (κ2) is 8.33. The van der Waals surface area contributed by atoms with Crippen LogP contribution in [0.25, 0.3) is 0 Å². The maximum Gasteiger partial charge on any atom is 0.185 e. The predicted molar refractivity (Wildman–Crippen MR) is 115 cm³/mol. The Balaban J connectivity index is 1.61. The number of anilines is 1. The zero-order chi connectivity index (χ0) is 22.4. The highest BCUT2D eigenvalue weighted by molar-refractivity contribution is 6.21. The largest absolute Gasteiger partial charge is 0.383 e. The number of carbonyl (C=O) groups excluding carboxylic acids is 1. The average Bonchev–Trinajstić information content (AvgIpc) is 3.23. The molecule has 0 unspecified atom stereocenters. The highest BCUT2D eigenvalue weighted by Crippen LogP contribution is 2.43. The van der Waals surface area contributed by atoms with Crippen molar-refractivity contribution in [2.24, 2.45) is 10.9 Å². The highest BCUT2D eigenvalue weighted by atomic mass is 19.1. The molecule has 5 nitrogen and oxygen atoms in total. The van der Waals surface area contributed by atoms with Crippen LogP contribution in [0.3, 0.4) is 0 Å². The van der Waals surface area contributed by atoms with Crippen LogP contribution in [-0.2, 0) is 4.74 Å². The molecule has 0 bridgehead atoms. The topological polar surface area (TPSA) is 53.9 Å². The number of halogens is 3. The molecule has 2 aromatic rings. The number of ketones is 1. The van der Waals surface area contributed by atoms with Crippen LogP contribution in [0, 0.1) is 23.4 Å². The number of hydrogen-bond donors (Lipinski definition) is 1. The molecule has 5 rings (SSSR count). The Labute approximate surface area is 184 Å². The molecular formula is C24H24F3N3O2. The molecule has 32 heavy (non-hydrogen) atoms. The summed E-state index contributed by atoms with van der Waals surface area (Å²) in [5.74, 6) is -2.46. The number of methoxy groups -OCH3 is 1. The first kappa shape index (κ1) is 21.2. The van der Waals surface area contributed by atoms with Gasteiger partial charge in [-0.05, 0) is 42.6 Å². The maximum atomic E-state index is 15.0. The van der Waals surface area contributed by atoms with E-state index in [1.165, 1.54) is 24.3 Å². The van der Waals surface area contributed by atoms with E-state index in [0.717, 1.165) is 32.1 Å². The lowest BCUT2D eigenvalue weighted by molar-refractivity contribution is 0.0999. The van der Waals surface area contributed by atoms with Gasteiger partial charge in [0, 0.05) is 55.0 Å². The van der Waals surface area contributed by atoms with Crippen LogP contribution in [0.1, 0.15) is 33.8 Å². The summed E-state index contributed by atoms with van der Waals surface area (Å²) < 4.78 is 48.2. The van der Waals surface area contributed by atoms with Gasteiger partial charge < -0.3 is 15.0 Å². The monoisotopic (exact) mass is 443 g/mol. The van der Waals surface area contributed by atoms with Crippen molar-refractivity contribution in [1.29, 1.82) is 0 Å². The minimum Gasteiger partial charge on any atom is -0.383 e. The molecule has 168 valence electrons. The standard InChI is InChI=1S/C24H24F3N3O2/c1-32-7-6-30-5-4-13(12-30)23-22(16-3-2-14(25)9-18(16)27)24-21-17(20(31)11-28-24)8-15(26)10-19(21)29-23/h2-3,8-10,13,22-23,29H,4-7,11-12H2,1H3/t13-,22+,23+/m1/s1. The number of carbonyl (C=O) groups is 1. The number of aliphatic imine (C=N–C) groups is 1. The van der Waals surface area contributed by atoms with Gasteiger partial charge >= 0.3 is 0 Å². The summed E-state index contributed by atoms with van der Waals surface area (Å²) in [5, 5.41) is 3.41. The second-order valence-electron chi connectivity index (χ2n) is 8.66. The molecular weight excluding hydrogens is 419 g/mol. The Hall–Kier alpha value is -2.71. The van der Waals surface area contributed by atoms with Crippen molar-refractivity contribution in [3.8, 4) is 0 Å². The van der Waals surface area contributed by atoms with Gasteiger partial charge in [-0.15, -0.1) is 0 Å². The number of rotatable bonds is 5. The molecule has 8 heteroatoms. The normalized spacial score (nSPS) is 24.8. The minimum atomic E-state index is -0.651. The molecule has 3 heterocycles. The van der Waals surface area contributed by atoms with E-state index >= 15 is 4.39 Å². The molecule has 3 atom stereocenters. The van der Waals surface area contributed by atoms with Crippen LogP contribution < -0.4 is 5.32 Å². The van der Waals surface area contributed by atoms with E-state index in [-0.39, 0.29) is 29.9 Å². The van der Waals surface area contributed by atoms with E-state index in [1.807, 2.05) is 0 Å². The fourth-order valence-corrected chi connectivity index (χ4v) is 5.29. The predicted octanol–water partition coefficient (Wildman–Crippen LogP) is 3.64. The minimum absolute atomic E-state index is 0.109. The Morgan fingerprint density at radius 3 is 2.81 bits per heavy atom. The summed E-state index contributed by atoms with van der Waals surface area (Å²) in [7, 11) is 1.66. The molecule has 1 N–H and O–H groups in total. The van der Waals surface area contributed by atoms with Crippen LogP contribution in [0.2, 0.25) is 0 Å². The number of Topliss-reactive ketones (excluding diaryl/α,β-unsaturated/α-hetero) is 1. The van der Waals surface area contributed by atoms with Gasteiger partial charge in [0.2, 0.25) is 0 Å². The lowest BCUT2D eigenvalue weighted by Gasteiger charge is -2.41. The van der Waals surface area contributed by atoms with E-state index in [9.17, 15) is 13.6 Å². The van der Waals surface area contributed by atoms with Gasteiger partial charge in [-0.2, -0.15) is 0 Å². The van der Waals surface area contributed by atoms with Crippen LogP contribution in [-0.4, -0.2) is 62.3 Å². The van der Waals surface area contributed by atoms with Crippen molar-refractivity contribution in [2.45, 2.75) is 18.4 Å². The van der Waals surface area contributed by atoms with E-state index in [4.69, 9.17) is 4.74 Å². The van der Waals surface area contributed by atoms with Crippen molar-refractivity contribution < 1.29 is 22.7 Å². The lowest BCUT2D eigenvalue weighted by atomic mass is 9.73. The zero-order valence-corrected chi connectivity index (χ0v) is 17.7. The molecule has 2 aromatic carbocycles. The van der Waals surface area contributed by atoms with Crippen molar-refractivity contribution in [3.63, 3.8) is 0 Å². The molecule has 3 aliphatic rings. The summed E-state index contributed by atoms with van der Waals surface area (Å²) in [6.45, 7) is 2.94. The summed E-state index contributed by atoms with van der Waals surface area (Å²) in [5.41, 5.74) is 2.19. The molecule has 0 saturated carbocycles. The smallest absolute Gasteiger partial charge is 0.185 e. The first-order valence-corrected chi connectivity index (χ1v) is 10.8. The fourth-order valence-electron chi connectivity index (χ4n) is 5.29. The second-order valence-corrected chi connectivity index (χ2v) is 8.66. The summed E-state index contributed by atoms with van der Waals surface area (Å²) in [4.78, 5) is 19.3. The number of nitrogens with zero attached hydrogens (tertiary/aromatic N) is 2. The van der Waals surface area contributed by atoms with Crippen LogP contribution in [0.5, 0.6) is 0 Å². The third-order valence-corrected chi connectivity index (χ3v) is 6.75. The first-order valence-electron chi connectivity index (χ1n) is 10.8. The van der Waals surface area contributed by atoms with Gasteiger partial charge in [-0.25, -0.2) is 13.2 Å². The fraction of sp³-hybridized carbons (Fsp3) is 0.417. The molecule has 0 aliphatic carbocycles. The van der Waals surface area contributed by atoms with Crippen LogP contribution in [0.15, 0.2) is 35.3 Å². The lowest BCUT2D eigenvalue weighted by Crippen LogP contribution is -2.46. The number of likely N-dealkylation sites (tertiary alicyclic amines) is 1. The van der Waals surface area contributed by atoms with E-state index in [0.29, 0.717) is 29.1 Å². The zero-order valence-electron chi connectivity index (χ0n) is 17.7. The van der Waals surface area contributed by atoms with Crippen LogP contribution in [0.4, 0.5) is 18.9 Å². The molecule has 0 radical (unpaired) electrons. The number of ether oxygens (including phenoxy) is 1. The summed E-state index contributed by atoms with van der Waals surface area (Å²) in [6.07, 6.45) is 0.865. The average molecular weight is 443 g/mol. The van der Waals surface area contributed by atoms with E-state index in [1.54, 1.807) is 7.11 Å². The van der Waals surface area contributed by atoms with Gasteiger partial charge in [-0.1, -0.05) is 6.07 Å². The Morgan fingerprint density at radius 1 is 1.19 bits per heavy atom. The highest BCUT2D eigenvalue weighted by Gasteiger charge is 2.44. The molecule has 1 saturated heterocycles. The van der Waals surface area contributed by atoms with Gasteiger partial charge in [0.1, 0.15) is 24.0 Å².